The van der Waals surface area contributed by atoms with E-state index in [1.165, 1.54) is 7.11 Å². The Labute approximate surface area is 364 Å². The molecule has 2 aliphatic heterocycles. The van der Waals surface area contributed by atoms with E-state index in [2.05, 4.69) is 30.5 Å². The summed E-state index contributed by atoms with van der Waals surface area (Å²) in [7, 11) is 1.53. The molecule has 0 bridgehead atoms. The normalized spacial score (nSPS) is 23.6. The first-order chi connectivity index (χ1) is 30.4. The van der Waals surface area contributed by atoms with Gasteiger partial charge in [-0.2, -0.15) is 0 Å². The molecule has 6 atom stereocenters. The molecule has 1 fully saturated rings. The minimum atomic E-state index is -1.47. The summed E-state index contributed by atoms with van der Waals surface area (Å²) < 4.78 is 43.9. The molecule has 0 aromatic heterocycles. The maximum atomic E-state index is 14.9. The lowest BCUT2D eigenvalue weighted by Gasteiger charge is -2.59. The predicted octanol–water partition coefficient (Wildman–Crippen LogP) is 8.10. The van der Waals surface area contributed by atoms with Gasteiger partial charge in [0.05, 0.1) is 31.5 Å². The molecule has 2 N–H and O–H groups in total. The predicted molar refractivity (Wildman–Crippen MR) is 233 cm³/mol. The van der Waals surface area contributed by atoms with Crippen LogP contribution in [0.2, 0.25) is 0 Å². The summed E-state index contributed by atoms with van der Waals surface area (Å²) in [5.74, 6) is 0.457. The molecule has 2 heterocycles. The Kier molecular flexibility index (Phi) is 15.6. The van der Waals surface area contributed by atoms with Gasteiger partial charge in [-0.25, -0.2) is 4.79 Å². The summed E-state index contributed by atoms with van der Waals surface area (Å²) in [4.78, 5) is 22.1. The van der Waals surface area contributed by atoms with Gasteiger partial charge in [0.15, 0.2) is 11.5 Å². The second kappa shape index (κ2) is 21.6. The number of amides is 1. The zero-order chi connectivity index (χ0) is 43.3. The summed E-state index contributed by atoms with van der Waals surface area (Å²) in [5, 5.41) is 24.5. The lowest BCUT2D eigenvalue weighted by atomic mass is 9.55. The second-order valence-corrected chi connectivity index (χ2v) is 16.0. The molecule has 13 nitrogen and oxygen atoms in total. The maximum Gasteiger partial charge on any atom is 0.410 e. The van der Waals surface area contributed by atoms with Crippen molar-refractivity contribution in [2.24, 2.45) is 22.9 Å². The molecule has 3 aromatic carbocycles. The first kappa shape index (κ1) is 44.7. The number of hydrogen-bond acceptors (Lipinski definition) is 12. The Hall–Kier alpha value is -5.34. The molecule has 4 aliphatic rings. The van der Waals surface area contributed by atoms with Crippen LogP contribution in [0.1, 0.15) is 67.6 Å². The zero-order valence-corrected chi connectivity index (χ0v) is 35.7. The summed E-state index contributed by atoms with van der Waals surface area (Å²) in [6.45, 7) is 9.31. The van der Waals surface area contributed by atoms with Gasteiger partial charge < -0.3 is 48.2 Å². The maximum absolute atomic E-state index is 14.9. The number of nitrogens with zero attached hydrogens (tertiary/aromatic N) is 2. The van der Waals surface area contributed by atoms with Crippen LogP contribution in [0.25, 0.3) is 0 Å². The van der Waals surface area contributed by atoms with Gasteiger partial charge in [-0.05, 0) is 84.6 Å². The quantitative estimate of drug-likeness (QED) is 0.0542. The van der Waals surface area contributed by atoms with Crippen LogP contribution < -0.4 is 18.9 Å². The van der Waals surface area contributed by atoms with Gasteiger partial charge in [0.25, 0.3) is 0 Å². The van der Waals surface area contributed by atoms with Crippen molar-refractivity contribution >= 4 is 11.8 Å². The van der Waals surface area contributed by atoms with Crippen molar-refractivity contribution in [3.63, 3.8) is 0 Å². The standard InChI is InChI=1S/C49H60N2O11/c1-4-23-57-37-18-20-42-40(29-37)46-38(16-10-12-22-53)36(15-9-11-21-52)28-39-41(50-55-3)30-45(49(62-42,47(39)46)61-24-5-2)51(31-35-17-19-43-44(27-35)60-33-59-43)48(54)58-26-25-56-32-34-13-7-6-8-14-34/h4-8,13-14,17-20,27-29,36,38,45-47,52-53H,1-2,9-12,15-16,21-26,30-33H2,3H3. The number of unbranched alkanes of at least 4 members (excludes halogenated alkanes) is 2. The van der Waals surface area contributed by atoms with Crippen molar-refractivity contribution in [2.75, 3.05) is 53.5 Å². The lowest BCUT2D eigenvalue weighted by Crippen LogP contribution is -2.70. The fourth-order valence-corrected chi connectivity index (χ4v) is 9.58. The van der Waals surface area contributed by atoms with E-state index in [0.717, 1.165) is 47.9 Å². The Morgan fingerprint density at radius 3 is 2.45 bits per heavy atom. The van der Waals surface area contributed by atoms with Gasteiger partial charge in [-0.3, -0.25) is 4.90 Å². The minimum absolute atomic E-state index is 0.00634. The van der Waals surface area contributed by atoms with Crippen LogP contribution in [-0.2, 0) is 32.2 Å². The molecule has 2 aliphatic carbocycles. The number of ether oxygens (including phenoxy) is 7. The van der Waals surface area contributed by atoms with Gasteiger partial charge in [0.1, 0.15) is 37.9 Å². The van der Waals surface area contributed by atoms with Crippen molar-refractivity contribution in [2.45, 2.75) is 75.8 Å². The second-order valence-electron chi connectivity index (χ2n) is 16.0. The summed E-state index contributed by atoms with van der Waals surface area (Å²) in [5.41, 5.74) is 4.36. The van der Waals surface area contributed by atoms with Crippen molar-refractivity contribution in [1.29, 1.82) is 0 Å². The lowest BCUT2D eigenvalue weighted by molar-refractivity contribution is -0.256. The van der Waals surface area contributed by atoms with Gasteiger partial charge >= 0.3 is 6.09 Å². The van der Waals surface area contributed by atoms with Crippen LogP contribution in [-0.4, -0.2) is 92.3 Å². The highest BCUT2D eigenvalue weighted by Gasteiger charge is 2.65. The largest absolute Gasteiger partial charge is 0.490 e. The van der Waals surface area contributed by atoms with Crippen molar-refractivity contribution < 1.29 is 53.0 Å². The van der Waals surface area contributed by atoms with E-state index in [4.69, 9.17) is 38.0 Å². The fourth-order valence-electron chi connectivity index (χ4n) is 9.58. The molecule has 0 saturated heterocycles. The molecule has 6 unspecified atom stereocenters. The Bertz CT molecular complexity index is 2040. The third-order valence-electron chi connectivity index (χ3n) is 12.2. The molecule has 0 radical (unpaired) electrons. The zero-order valence-electron chi connectivity index (χ0n) is 35.7. The molecule has 0 spiro atoms. The topological polar surface area (TPSA) is 147 Å². The minimum Gasteiger partial charge on any atom is -0.490 e. The molecular formula is C49H60N2O11. The summed E-state index contributed by atoms with van der Waals surface area (Å²) >= 11 is 0. The van der Waals surface area contributed by atoms with E-state index in [9.17, 15) is 15.0 Å². The number of carbonyl (C=O) groups excluding carboxylic acids is 1. The van der Waals surface area contributed by atoms with Crippen LogP contribution in [0.3, 0.4) is 0 Å². The Balaban J connectivity index is 1.35. The number of carbonyl (C=O) groups is 1. The monoisotopic (exact) mass is 852 g/mol. The summed E-state index contributed by atoms with van der Waals surface area (Å²) in [6.07, 6.45) is 9.92. The molecule has 62 heavy (non-hydrogen) atoms. The van der Waals surface area contributed by atoms with Crippen LogP contribution in [0.5, 0.6) is 23.0 Å². The average molecular weight is 853 g/mol. The van der Waals surface area contributed by atoms with E-state index >= 15 is 0 Å². The highest BCUT2D eigenvalue weighted by molar-refractivity contribution is 6.03. The van der Waals surface area contributed by atoms with E-state index in [1.807, 2.05) is 60.7 Å². The number of rotatable bonds is 23. The van der Waals surface area contributed by atoms with Crippen LogP contribution >= 0.6 is 0 Å². The third-order valence-corrected chi connectivity index (χ3v) is 12.2. The van der Waals surface area contributed by atoms with Crippen LogP contribution in [0.4, 0.5) is 4.79 Å². The van der Waals surface area contributed by atoms with Crippen molar-refractivity contribution in [1.82, 2.24) is 4.90 Å². The molecule has 1 amide bonds. The number of fused-ring (bicyclic) bond motifs is 3. The first-order valence-corrected chi connectivity index (χ1v) is 21.7. The molecule has 3 aromatic rings. The van der Waals surface area contributed by atoms with Crippen molar-refractivity contribution in [3.8, 4) is 23.0 Å². The number of aliphatic hydroxyl groups excluding tert-OH is 2. The fraction of sp³-hybridized carbons (Fsp3) is 0.469. The highest BCUT2D eigenvalue weighted by atomic mass is 16.7. The van der Waals surface area contributed by atoms with E-state index in [-0.39, 0.29) is 70.5 Å². The van der Waals surface area contributed by atoms with Gasteiger partial charge in [0, 0.05) is 37.7 Å². The number of hydrogen-bond donors (Lipinski definition) is 2. The van der Waals surface area contributed by atoms with Crippen LogP contribution in [0, 0.1) is 17.8 Å². The van der Waals surface area contributed by atoms with E-state index in [0.29, 0.717) is 54.8 Å². The SMILES string of the molecule is C=CCOc1ccc2c(c1)C1C(CCCCO)C(CCCCO)C=C3C(=NOC)CC(N(Cc4ccc5c(c4)OCO5)C(=O)OCCOCc4ccccc4)C(OCC=C)(O2)C31. The third kappa shape index (κ3) is 9.97. The van der Waals surface area contributed by atoms with Crippen LogP contribution in [0.15, 0.2) is 109 Å². The highest BCUT2D eigenvalue weighted by Crippen LogP contribution is 2.62. The smallest absolute Gasteiger partial charge is 0.410 e. The van der Waals surface area contributed by atoms with E-state index < -0.39 is 23.8 Å². The molecular weight excluding hydrogens is 793 g/mol. The summed E-state index contributed by atoms with van der Waals surface area (Å²) in [6, 6.07) is 20.5. The number of aliphatic hydroxyl groups is 2. The molecule has 7 rings (SSSR count). The van der Waals surface area contributed by atoms with Crippen molar-refractivity contribution in [3.05, 3.63) is 120 Å². The molecule has 13 heteroatoms. The average Bonchev–Trinajstić information content (AvgIpc) is 3.77. The number of allylic oxidation sites excluding steroid dienone is 1. The van der Waals surface area contributed by atoms with E-state index in [1.54, 1.807) is 17.1 Å². The van der Waals surface area contributed by atoms with Gasteiger partial charge in [-0.1, -0.05) is 79.2 Å². The Morgan fingerprint density at radius 2 is 1.68 bits per heavy atom. The van der Waals surface area contributed by atoms with Gasteiger partial charge in [-0.15, -0.1) is 6.58 Å². The first-order valence-electron chi connectivity index (χ1n) is 21.7. The molecule has 1 saturated carbocycles. The number of benzene rings is 3. The molecule has 332 valence electrons. The van der Waals surface area contributed by atoms with Gasteiger partial charge in [0.2, 0.25) is 12.6 Å². The Morgan fingerprint density at radius 1 is 0.903 bits per heavy atom. The number of oxime groups is 1.